The first-order valence-corrected chi connectivity index (χ1v) is 8.07. The molecular formula is C16H17BrN2O3. The number of carboxylic acids is 1. The maximum absolute atomic E-state index is 12.7. The number of carboxylic acid groups (broad SMARTS) is 1. The number of carbonyl (C=O) groups is 2. The second-order valence-corrected chi connectivity index (χ2v) is 6.76. The largest absolute Gasteiger partial charge is 0.481 e. The molecule has 1 aliphatic rings. The van der Waals surface area contributed by atoms with Gasteiger partial charge in [0.25, 0.3) is 5.91 Å². The van der Waals surface area contributed by atoms with E-state index >= 15 is 0 Å². The number of amides is 1. The van der Waals surface area contributed by atoms with Crippen LogP contribution in [0.5, 0.6) is 0 Å². The lowest BCUT2D eigenvalue weighted by Gasteiger charge is -2.23. The van der Waals surface area contributed by atoms with Crippen LogP contribution in [0, 0.1) is 5.92 Å². The van der Waals surface area contributed by atoms with E-state index in [-0.39, 0.29) is 18.5 Å². The Bertz CT molecular complexity index is 736. The van der Waals surface area contributed by atoms with Gasteiger partial charge in [-0.25, -0.2) is 0 Å². The van der Waals surface area contributed by atoms with E-state index in [1.165, 1.54) is 0 Å². The van der Waals surface area contributed by atoms with E-state index in [1.54, 1.807) is 11.8 Å². The highest BCUT2D eigenvalue weighted by atomic mass is 79.9. The molecule has 6 heteroatoms. The molecule has 0 spiro atoms. The fourth-order valence-electron chi connectivity index (χ4n) is 2.53. The summed E-state index contributed by atoms with van der Waals surface area (Å²) >= 11 is 3.41. The Morgan fingerprint density at radius 2 is 2.14 bits per heavy atom. The third-order valence-corrected chi connectivity index (χ3v) is 4.45. The van der Waals surface area contributed by atoms with Crippen LogP contribution in [0.4, 0.5) is 0 Å². The number of carbonyl (C=O) groups excluding carboxylic acids is 1. The van der Waals surface area contributed by atoms with Gasteiger partial charge in [0, 0.05) is 28.0 Å². The fourth-order valence-corrected chi connectivity index (χ4v) is 2.89. The average molecular weight is 365 g/mol. The summed E-state index contributed by atoms with van der Waals surface area (Å²) in [7, 11) is 0. The number of fused-ring (bicyclic) bond motifs is 1. The Morgan fingerprint density at radius 3 is 2.77 bits per heavy atom. The highest BCUT2D eigenvalue weighted by Crippen LogP contribution is 2.30. The van der Waals surface area contributed by atoms with Gasteiger partial charge >= 0.3 is 5.97 Å². The second kappa shape index (κ2) is 5.76. The van der Waals surface area contributed by atoms with E-state index in [4.69, 9.17) is 5.11 Å². The number of nitrogens with one attached hydrogen (secondary N) is 1. The zero-order chi connectivity index (χ0) is 15.9. The van der Waals surface area contributed by atoms with Gasteiger partial charge in [-0.2, -0.15) is 0 Å². The molecule has 1 unspecified atom stereocenters. The van der Waals surface area contributed by atoms with Crippen LogP contribution in [0.15, 0.2) is 28.7 Å². The normalized spacial score (nSPS) is 15.7. The lowest BCUT2D eigenvalue weighted by molar-refractivity contribution is -0.141. The molecule has 1 heterocycles. The van der Waals surface area contributed by atoms with Crippen LogP contribution < -0.4 is 0 Å². The second-order valence-electron chi connectivity index (χ2n) is 5.84. The van der Waals surface area contributed by atoms with Crippen LogP contribution in [0.1, 0.15) is 30.3 Å². The number of aliphatic carboxylic acids is 1. The van der Waals surface area contributed by atoms with Crippen LogP contribution in [0.25, 0.3) is 10.9 Å². The number of aromatic amines is 1. The van der Waals surface area contributed by atoms with Crippen molar-refractivity contribution in [2.24, 2.45) is 5.92 Å². The molecule has 1 aromatic heterocycles. The molecule has 22 heavy (non-hydrogen) atoms. The van der Waals surface area contributed by atoms with Crippen molar-refractivity contribution in [3.63, 3.8) is 0 Å². The number of nitrogens with zero attached hydrogens (tertiary/aromatic N) is 1. The molecular weight excluding hydrogens is 348 g/mol. The Labute approximate surface area is 136 Å². The standard InChI is InChI=1S/C16H17BrN2O3/c1-9(16(21)22)8-19(12-4-5-12)15(20)14-6-10-2-3-11(17)7-13(10)18-14/h2-3,6-7,9,12,18H,4-5,8H2,1H3,(H,21,22). The molecule has 3 rings (SSSR count). The van der Waals surface area contributed by atoms with E-state index < -0.39 is 11.9 Å². The molecule has 1 aliphatic carbocycles. The molecule has 2 aromatic rings. The van der Waals surface area contributed by atoms with Gasteiger partial charge in [0.05, 0.1) is 5.92 Å². The van der Waals surface area contributed by atoms with Gasteiger partial charge in [-0.3, -0.25) is 9.59 Å². The minimum Gasteiger partial charge on any atom is -0.481 e. The van der Waals surface area contributed by atoms with Crippen LogP contribution in [0.3, 0.4) is 0 Å². The van der Waals surface area contributed by atoms with Gasteiger partial charge < -0.3 is 15.0 Å². The van der Waals surface area contributed by atoms with Crippen molar-refractivity contribution in [2.75, 3.05) is 6.54 Å². The topological polar surface area (TPSA) is 73.4 Å². The van der Waals surface area contributed by atoms with Gasteiger partial charge in [0.15, 0.2) is 0 Å². The maximum atomic E-state index is 12.7. The van der Waals surface area contributed by atoms with Crippen LogP contribution >= 0.6 is 15.9 Å². The predicted octanol–water partition coefficient (Wildman–Crippen LogP) is 3.26. The van der Waals surface area contributed by atoms with Crippen molar-refractivity contribution in [3.8, 4) is 0 Å². The van der Waals surface area contributed by atoms with Gasteiger partial charge in [-0.15, -0.1) is 0 Å². The number of rotatable bonds is 5. The van der Waals surface area contributed by atoms with Crippen LogP contribution in [-0.2, 0) is 4.79 Å². The predicted molar refractivity (Wildman–Crippen MR) is 86.9 cm³/mol. The highest BCUT2D eigenvalue weighted by molar-refractivity contribution is 9.10. The molecule has 1 fully saturated rings. The van der Waals surface area contributed by atoms with Gasteiger partial charge in [-0.05, 0) is 31.0 Å². The van der Waals surface area contributed by atoms with Crippen molar-refractivity contribution in [1.82, 2.24) is 9.88 Å². The molecule has 1 saturated carbocycles. The summed E-state index contributed by atoms with van der Waals surface area (Å²) in [5, 5.41) is 10.0. The lowest BCUT2D eigenvalue weighted by Crippen LogP contribution is -2.38. The fraction of sp³-hybridized carbons (Fsp3) is 0.375. The summed E-state index contributed by atoms with van der Waals surface area (Å²) in [6.07, 6.45) is 1.90. The van der Waals surface area contributed by atoms with E-state index in [9.17, 15) is 9.59 Å². The lowest BCUT2D eigenvalue weighted by atomic mass is 10.1. The number of H-pyrrole nitrogens is 1. The van der Waals surface area contributed by atoms with E-state index in [0.717, 1.165) is 28.2 Å². The molecule has 0 bridgehead atoms. The first-order chi connectivity index (χ1) is 10.5. The van der Waals surface area contributed by atoms with Gasteiger partial charge in [0.2, 0.25) is 0 Å². The smallest absolute Gasteiger partial charge is 0.308 e. The minimum absolute atomic E-state index is 0.122. The summed E-state index contributed by atoms with van der Waals surface area (Å²) in [6.45, 7) is 1.88. The Hall–Kier alpha value is -1.82. The maximum Gasteiger partial charge on any atom is 0.308 e. The summed E-state index contributed by atoms with van der Waals surface area (Å²) in [6, 6.07) is 7.79. The molecule has 2 N–H and O–H groups in total. The van der Waals surface area contributed by atoms with Crippen LogP contribution in [0.2, 0.25) is 0 Å². The van der Waals surface area contributed by atoms with E-state index in [1.807, 2.05) is 24.3 Å². The SMILES string of the molecule is CC(CN(C(=O)c1cc2ccc(Br)cc2[nH]1)C1CC1)C(=O)O. The summed E-state index contributed by atoms with van der Waals surface area (Å²) < 4.78 is 0.944. The average Bonchev–Trinajstić information content (AvgIpc) is 3.22. The third kappa shape index (κ3) is 3.02. The third-order valence-electron chi connectivity index (χ3n) is 3.96. The van der Waals surface area contributed by atoms with E-state index in [2.05, 4.69) is 20.9 Å². The Balaban J connectivity index is 1.86. The van der Waals surface area contributed by atoms with Crippen molar-refractivity contribution >= 4 is 38.7 Å². The van der Waals surface area contributed by atoms with Crippen molar-refractivity contribution in [2.45, 2.75) is 25.8 Å². The zero-order valence-electron chi connectivity index (χ0n) is 12.2. The Morgan fingerprint density at radius 1 is 1.41 bits per heavy atom. The van der Waals surface area contributed by atoms with Crippen molar-refractivity contribution < 1.29 is 14.7 Å². The monoisotopic (exact) mass is 364 g/mol. The van der Waals surface area contributed by atoms with Gasteiger partial charge in [-0.1, -0.05) is 28.9 Å². The molecule has 0 saturated heterocycles. The van der Waals surface area contributed by atoms with E-state index in [0.29, 0.717) is 5.69 Å². The number of benzene rings is 1. The molecule has 0 radical (unpaired) electrons. The first-order valence-electron chi connectivity index (χ1n) is 7.28. The number of hydrogen-bond acceptors (Lipinski definition) is 2. The zero-order valence-corrected chi connectivity index (χ0v) is 13.8. The summed E-state index contributed by atoms with van der Waals surface area (Å²) in [5.74, 6) is -1.56. The van der Waals surface area contributed by atoms with Crippen molar-refractivity contribution in [1.29, 1.82) is 0 Å². The summed E-state index contributed by atoms with van der Waals surface area (Å²) in [4.78, 5) is 28.6. The van der Waals surface area contributed by atoms with Gasteiger partial charge in [0.1, 0.15) is 5.69 Å². The van der Waals surface area contributed by atoms with Crippen molar-refractivity contribution in [3.05, 3.63) is 34.4 Å². The molecule has 1 atom stereocenters. The first kappa shape index (κ1) is 15.1. The number of aromatic nitrogens is 1. The molecule has 5 nitrogen and oxygen atoms in total. The van der Waals surface area contributed by atoms with Crippen LogP contribution in [-0.4, -0.2) is 39.5 Å². The number of halogens is 1. The molecule has 116 valence electrons. The quantitative estimate of drug-likeness (QED) is 0.854. The number of hydrogen-bond donors (Lipinski definition) is 2. The summed E-state index contributed by atoms with van der Waals surface area (Å²) in [5.41, 5.74) is 1.40. The minimum atomic E-state index is -0.876. The highest BCUT2D eigenvalue weighted by Gasteiger charge is 2.35. The molecule has 1 amide bonds. The molecule has 1 aromatic carbocycles. The molecule has 0 aliphatic heterocycles. The Kier molecular flexibility index (Phi) is 3.95.